The number of hydrogen-bond donors (Lipinski definition) is 2. The first-order valence-corrected chi connectivity index (χ1v) is 10.8. The molecule has 0 saturated carbocycles. The minimum Gasteiger partial charge on any atom is -0.422 e. The Balaban J connectivity index is 1.78. The van der Waals surface area contributed by atoms with Crippen LogP contribution in [0.25, 0.3) is 0 Å². The van der Waals surface area contributed by atoms with Crippen molar-refractivity contribution in [1.29, 1.82) is 0 Å². The first-order valence-electron chi connectivity index (χ1n) is 10.8. The number of aromatic nitrogens is 1. The molecule has 0 radical (unpaired) electrons. The van der Waals surface area contributed by atoms with E-state index in [4.69, 9.17) is 16.2 Å². The van der Waals surface area contributed by atoms with Crippen LogP contribution < -0.4 is 16.2 Å². The number of nitrogens with zero attached hydrogens (tertiary/aromatic N) is 3. The molecule has 1 aromatic carbocycles. The van der Waals surface area contributed by atoms with E-state index in [-0.39, 0.29) is 23.4 Å². The third-order valence-corrected chi connectivity index (χ3v) is 4.76. The second-order valence-corrected chi connectivity index (χ2v) is 7.36. The average Bonchev–Trinajstić information content (AvgIpc) is 2.74. The number of nitrogens with two attached hydrogens (primary N) is 2. The highest BCUT2D eigenvalue weighted by Crippen LogP contribution is 2.31. The Morgan fingerprint density at radius 2 is 1.53 bits per heavy atom. The van der Waals surface area contributed by atoms with E-state index in [2.05, 4.69) is 22.1 Å². The molecule has 2 aromatic rings. The summed E-state index contributed by atoms with van der Waals surface area (Å²) in [5.41, 5.74) is 12.7. The number of esters is 1. The maximum atomic E-state index is 12.2. The Kier molecular flexibility index (Phi) is 10.3. The monoisotopic (exact) mass is 411 g/mol. The fourth-order valence-electron chi connectivity index (χ4n) is 3.04. The van der Waals surface area contributed by atoms with Crippen LogP contribution in [0.5, 0.6) is 5.75 Å². The predicted molar refractivity (Wildman–Crippen MR) is 121 cm³/mol. The van der Waals surface area contributed by atoms with Gasteiger partial charge >= 0.3 is 5.97 Å². The molecule has 0 aliphatic carbocycles. The number of hydrogen-bond acceptors (Lipinski definition) is 7. The molecule has 2 rings (SSSR count). The summed E-state index contributed by atoms with van der Waals surface area (Å²) in [5.74, 6) is 0.0202. The highest BCUT2D eigenvalue weighted by atomic mass is 16.5. The fourth-order valence-corrected chi connectivity index (χ4v) is 3.04. The van der Waals surface area contributed by atoms with Gasteiger partial charge in [-0.25, -0.2) is 4.98 Å². The number of ether oxygens (including phenoxy) is 1. The molecule has 7 heteroatoms. The number of nitrogen functional groups attached to an aromatic ring is 2. The summed E-state index contributed by atoms with van der Waals surface area (Å²) in [5, 5.41) is 8.21. The third-order valence-electron chi connectivity index (χ3n) is 4.76. The molecule has 162 valence electrons. The number of rotatable bonds is 13. The smallest absolute Gasteiger partial charge is 0.311 e. The Labute approximate surface area is 178 Å². The zero-order valence-corrected chi connectivity index (χ0v) is 17.8. The van der Waals surface area contributed by atoms with E-state index in [0.717, 1.165) is 19.3 Å². The van der Waals surface area contributed by atoms with E-state index >= 15 is 0 Å². The molecule has 0 bridgehead atoms. The molecule has 0 saturated heterocycles. The van der Waals surface area contributed by atoms with Crippen molar-refractivity contribution in [2.24, 2.45) is 10.2 Å². The van der Waals surface area contributed by atoms with Gasteiger partial charge in [-0.15, -0.1) is 5.11 Å². The molecule has 1 aromatic heterocycles. The molecule has 0 amide bonds. The molecule has 7 nitrogen and oxygen atoms in total. The molecular weight excluding hydrogens is 378 g/mol. The minimum absolute atomic E-state index is 0.0617. The van der Waals surface area contributed by atoms with Crippen LogP contribution in [0.4, 0.5) is 23.0 Å². The number of anilines is 2. The van der Waals surface area contributed by atoms with Gasteiger partial charge < -0.3 is 16.2 Å². The van der Waals surface area contributed by atoms with Gasteiger partial charge in [0.15, 0.2) is 17.4 Å². The molecule has 4 N–H and O–H groups in total. The third kappa shape index (κ3) is 8.59. The van der Waals surface area contributed by atoms with Crippen molar-refractivity contribution in [2.45, 2.75) is 71.1 Å². The van der Waals surface area contributed by atoms with Crippen molar-refractivity contribution in [3.8, 4) is 5.75 Å². The van der Waals surface area contributed by atoms with Gasteiger partial charge in [0.1, 0.15) is 5.69 Å². The lowest BCUT2D eigenvalue weighted by atomic mass is 10.1. The lowest BCUT2D eigenvalue weighted by Gasteiger charge is -2.08. The normalized spacial score (nSPS) is 11.1. The maximum Gasteiger partial charge on any atom is 0.311 e. The highest BCUT2D eigenvalue weighted by Gasteiger charge is 2.13. The summed E-state index contributed by atoms with van der Waals surface area (Å²) in [7, 11) is 0. The predicted octanol–water partition coefficient (Wildman–Crippen LogP) is 6.49. The van der Waals surface area contributed by atoms with E-state index in [1.807, 2.05) is 30.3 Å². The summed E-state index contributed by atoms with van der Waals surface area (Å²) in [4.78, 5) is 16.2. The molecule has 30 heavy (non-hydrogen) atoms. The van der Waals surface area contributed by atoms with Crippen molar-refractivity contribution >= 4 is 29.0 Å². The first kappa shape index (κ1) is 23.3. The Bertz CT molecular complexity index is 809. The Morgan fingerprint density at radius 3 is 2.20 bits per heavy atom. The molecule has 0 spiro atoms. The van der Waals surface area contributed by atoms with Gasteiger partial charge in [-0.1, -0.05) is 76.5 Å². The lowest BCUT2D eigenvalue weighted by molar-refractivity contribution is -0.134. The SMILES string of the molecule is CCCCCCCCCCCC(=O)Oc1cc(/N=N/c2ccccc2)c(N)nc1N. The lowest BCUT2D eigenvalue weighted by Crippen LogP contribution is -2.10. The summed E-state index contributed by atoms with van der Waals surface area (Å²) < 4.78 is 5.38. The van der Waals surface area contributed by atoms with E-state index < -0.39 is 0 Å². The summed E-state index contributed by atoms with van der Waals surface area (Å²) in [6.45, 7) is 2.22. The molecule has 0 unspecified atom stereocenters. The van der Waals surface area contributed by atoms with Crippen LogP contribution >= 0.6 is 0 Å². The van der Waals surface area contributed by atoms with Gasteiger partial charge in [-0.05, 0) is 18.6 Å². The van der Waals surface area contributed by atoms with Gasteiger partial charge in [0.2, 0.25) is 0 Å². The van der Waals surface area contributed by atoms with Crippen molar-refractivity contribution in [1.82, 2.24) is 4.98 Å². The van der Waals surface area contributed by atoms with Gasteiger partial charge in [0, 0.05) is 12.5 Å². The van der Waals surface area contributed by atoms with E-state index in [1.165, 1.54) is 44.6 Å². The molecule has 0 aliphatic heterocycles. The summed E-state index contributed by atoms with van der Waals surface area (Å²) in [6.07, 6.45) is 11.1. The standard InChI is InChI=1S/C23H33N5O2/c1-2-3-4-5-6-7-8-9-13-16-21(29)30-20-17-19(22(24)26-23(20)25)28-27-18-14-11-10-12-15-18/h10-12,14-15,17H,2-9,13,16H2,1H3,(H4,24,25,26)/b28-27+. The van der Waals surface area contributed by atoms with Crippen molar-refractivity contribution in [2.75, 3.05) is 11.5 Å². The van der Waals surface area contributed by atoms with Crippen LogP contribution in [0.3, 0.4) is 0 Å². The topological polar surface area (TPSA) is 116 Å². The second kappa shape index (κ2) is 13.3. The summed E-state index contributed by atoms with van der Waals surface area (Å²) in [6, 6.07) is 10.7. The van der Waals surface area contributed by atoms with Crippen LogP contribution in [0, 0.1) is 0 Å². The molecular formula is C23H33N5O2. The molecule has 0 aliphatic rings. The minimum atomic E-state index is -0.331. The fraction of sp³-hybridized carbons (Fsp3) is 0.478. The maximum absolute atomic E-state index is 12.2. The Hall–Kier alpha value is -2.96. The van der Waals surface area contributed by atoms with Gasteiger partial charge in [-0.2, -0.15) is 5.11 Å². The van der Waals surface area contributed by atoms with Crippen LogP contribution in [0.1, 0.15) is 71.1 Å². The van der Waals surface area contributed by atoms with Crippen LogP contribution in [-0.4, -0.2) is 11.0 Å². The number of pyridine rings is 1. The molecule has 0 fully saturated rings. The van der Waals surface area contributed by atoms with Crippen molar-refractivity contribution in [3.63, 3.8) is 0 Å². The van der Waals surface area contributed by atoms with E-state index in [9.17, 15) is 4.79 Å². The largest absolute Gasteiger partial charge is 0.422 e. The highest BCUT2D eigenvalue weighted by molar-refractivity contribution is 5.76. The van der Waals surface area contributed by atoms with Crippen LogP contribution in [-0.2, 0) is 4.79 Å². The first-order chi connectivity index (χ1) is 14.6. The van der Waals surface area contributed by atoms with Crippen molar-refractivity contribution < 1.29 is 9.53 Å². The van der Waals surface area contributed by atoms with E-state index in [1.54, 1.807) is 0 Å². The van der Waals surface area contributed by atoms with Crippen LogP contribution in [0.15, 0.2) is 46.6 Å². The quantitative estimate of drug-likeness (QED) is 0.222. The van der Waals surface area contributed by atoms with Gasteiger partial charge in [-0.3, -0.25) is 4.79 Å². The number of unbranched alkanes of at least 4 members (excludes halogenated alkanes) is 8. The zero-order chi connectivity index (χ0) is 21.6. The second-order valence-electron chi connectivity index (χ2n) is 7.36. The van der Waals surface area contributed by atoms with Crippen molar-refractivity contribution in [3.05, 3.63) is 36.4 Å². The van der Waals surface area contributed by atoms with Gasteiger partial charge in [0.05, 0.1) is 5.69 Å². The van der Waals surface area contributed by atoms with Gasteiger partial charge in [0.25, 0.3) is 0 Å². The number of carbonyl (C=O) groups excluding carboxylic acids is 1. The zero-order valence-electron chi connectivity index (χ0n) is 17.8. The number of benzene rings is 1. The van der Waals surface area contributed by atoms with Crippen LogP contribution in [0.2, 0.25) is 0 Å². The van der Waals surface area contributed by atoms with E-state index in [0.29, 0.717) is 17.8 Å². The Morgan fingerprint density at radius 1 is 0.900 bits per heavy atom. The number of carbonyl (C=O) groups is 1. The summed E-state index contributed by atoms with van der Waals surface area (Å²) >= 11 is 0. The number of azo groups is 1. The molecule has 1 heterocycles. The molecule has 0 atom stereocenters. The average molecular weight is 412 g/mol.